The zero-order valence-corrected chi connectivity index (χ0v) is 17.1. The van der Waals surface area contributed by atoms with Crippen molar-refractivity contribution in [3.63, 3.8) is 0 Å². The van der Waals surface area contributed by atoms with Crippen LogP contribution >= 0.6 is 0 Å². The summed E-state index contributed by atoms with van der Waals surface area (Å²) < 4.78 is 36.4. The van der Waals surface area contributed by atoms with Gasteiger partial charge in [-0.15, -0.1) is 0 Å². The second kappa shape index (κ2) is 8.98. The van der Waals surface area contributed by atoms with Crippen LogP contribution in [0.25, 0.3) is 0 Å². The number of hydrogen-bond donors (Lipinski definition) is 2. The standard InChI is InChI=1S/C20H24BNO6S/c1-2-9-27-20(23)8-5-15-11-17(22)6-7-19(15)29(25,26)13-14-3-4-16-12-28-21(24)18(16)10-14/h3-4,6-7,10-11,24H,2,5,8-9,12-13,22H2,1H3. The van der Waals surface area contributed by atoms with Gasteiger partial charge in [-0.3, -0.25) is 4.79 Å². The second-order valence-electron chi connectivity index (χ2n) is 7.04. The Labute approximate surface area is 170 Å². The highest BCUT2D eigenvalue weighted by Gasteiger charge is 2.28. The van der Waals surface area contributed by atoms with Crippen LogP contribution in [0.3, 0.4) is 0 Å². The number of hydrogen-bond acceptors (Lipinski definition) is 7. The van der Waals surface area contributed by atoms with Crippen molar-refractivity contribution in [1.82, 2.24) is 0 Å². The molecule has 29 heavy (non-hydrogen) atoms. The van der Waals surface area contributed by atoms with E-state index in [-0.39, 0.29) is 29.5 Å². The van der Waals surface area contributed by atoms with Crippen LogP contribution in [-0.4, -0.2) is 33.1 Å². The number of sulfone groups is 1. The Morgan fingerprint density at radius 1 is 1.28 bits per heavy atom. The smallest absolute Gasteiger partial charge is 0.466 e. The molecule has 1 heterocycles. The van der Waals surface area contributed by atoms with Gasteiger partial charge in [-0.05, 0) is 53.2 Å². The molecule has 0 amide bonds. The predicted octanol–water partition coefficient (Wildman–Crippen LogP) is 1.35. The normalized spacial score (nSPS) is 13.4. The molecule has 3 N–H and O–H groups in total. The predicted molar refractivity (Wildman–Crippen MR) is 110 cm³/mol. The van der Waals surface area contributed by atoms with Crippen LogP contribution in [0.5, 0.6) is 0 Å². The average molecular weight is 417 g/mol. The topological polar surface area (TPSA) is 116 Å². The summed E-state index contributed by atoms with van der Waals surface area (Å²) in [6, 6.07) is 9.74. The van der Waals surface area contributed by atoms with Crippen LogP contribution in [-0.2, 0) is 42.8 Å². The molecule has 0 aromatic heterocycles. The first-order valence-electron chi connectivity index (χ1n) is 9.48. The van der Waals surface area contributed by atoms with Gasteiger partial charge < -0.3 is 20.1 Å². The molecule has 7 nitrogen and oxygen atoms in total. The van der Waals surface area contributed by atoms with E-state index in [1.54, 1.807) is 24.3 Å². The Morgan fingerprint density at radius 3 is 2.83 bits per heavy atom. The Hall–Kier alpha value is -2.36. The SMILES string of the molecule is CCCOC(=O)CCc1cc(N)ccc1S(=O)(=O)Cc1ccc2c(c1)B(O)OC2. The molecule has 0 unspecified atom stereocenters. The number of carbonyl (C=O) groups excluding carboxylic acids is 1. The lowest BCUT2D eigenvalue weighted by Crippen LogP contribution is -2.28. The molecule has 0 spiro atoms. The van der Waals surface area contributed by atoms with Crippen LogP contribution in [0.15, 0.2) is 41.3 Å². The van der Waals surface area contributed by atoms with Crippen LogP contribution in [0, 0.1) is 0 Å². The second-order valence-corrected chi connectivity index (χ2v) is 9.00. The molecular formula is C20H24BNO6S. The minimum Gasteiger partial charge on any atom is -0.466 e. The summed E-state index contributed by atoms with van der Waals surface area (Å²) in [4.78, 5) is 12.0. The number of benzene rings is 2. The first-order chi connectivity index (χ1) is 13.8. The summed E-state index contributed by atoms with van der Waals surface area (Å²) in [6.45, 7) is 2.55. The Bertz CT molecular complexity index is 1010. The summed E-state index contributed by atoms with van der Waals surface area (Å²) >= 11 is 0. The fourth-order valence-electron chi connectivity index (χ4n) is 3.27. The van der Waals surface area contributed by atoms with Gasteiger partial charge in [0.25, 0.3) is 0 Å². The molecule has 1 aliphatic heterocycles. The van der Waals surface area contributed by atoms with Gasteiger partial charge in [-0.2, -0.15) is 0 Å². The largest absolute Gasteiger partial charge is 0.491 e. The third kappa shape index (κ3) is 5.17. The number of anilines is 1. The maximum absolute atomic E-state index is 13.1. The molecule has 154 valence electrons. The molecule has 0 bridgehead atoms. The maximum atomic E-state index is 13.1. The molecule has 0 radical (unpaired) electrons. The van der Waals surface area contributed by atoms with Crippen LogP contribution in [0.1, 0.15) is 36.5 Å². The van der Waals surface area contributed by atoms with E-state index in [9.17, 15) is 18.2 Å². The van der Waals surface area contributed by atoms with Gasteiger partial charge in [-0.25, -0.2) is 8.42 Å². The van der Waals surface area contributed by atoms with E-state index in [4.69, 9.17) is 15.1 Å². The number of carbonyl (C=O) groups is 1. The van der Waals surface area contributed by atoms with Crippen molar-refractivity contribution in [1.29, 1.82) is 0 Å². The van der Waals surface area contributed by atoms with Gasteiger partial charge in [0.05, 0.1) is 23.9 Å². The molecular weight excluding hydrogens is 393 g/mol. The van der Waals surface area contributed by atoms with Gasteiger partial charge >= 0.3 is 13.1 Å². The van der Waals surface area contributed by atoms with Crippen LogP contribution < -0.4 is 11.2 Å². The molecule has 0 fully saturated rings. The molecule has 0 saturated carbocycles. The van der Waals surface area contributed by atoms with Gasteiger partial charge in [0, 0.05) is 12.1 Å². The lowest BCUT2D eigenvalue weighted by atomic mass is 9.79. The van der Waals surface area contributed by atoms with E-state index in [1.165, 1.54) is 12.1 Å². The van der Waals surface area contributed by atoms with E-state index in [1.807, 2.05) is 6.92 Å². The zero-order chi connectivity index (χ0) is 21.0. The molecule has 2 aromatic carbocycles. The van der Waals surface area contributed by atoms with E-state index in [2.05, 4.69) is 0 Å². The summed E-state index contributed by atoms with van der Waals surface area (Å²) in [5.74, 6) is -0.602. The number of esters is 1. The molecule has 2 aromatic rings. The van der Waals surface area contributed by atoms with Gasteiger partial charge in [-0.1, -0.05) is 25.1 Å². The van der Waals surface area contributed by atoms with Crippen molar-refractivity contribution in [2.24, 2.45) is 0 Å². The average Bonchev–Trinajstić information content (AvgIpc) is 3.04. The fraction of sp³-hybridized carbons (Fsp3) is 0.350. The van der Waals surface area contributed by atoms with Crippen molar-refractivity contribution in [3.05, 3.63) is 53.1 Å². The third-order valence-corrected chi connectivity index (χ3v) is 6.50. The summed E-state index contributed by atoms with van der Waals surface area (Å²) in [6.07, 6.45) is 1.03. The first-order valence-corrected chi connectivity index (χ1v) is 11.1. The van der Waals surface area contributed by atoms with E-state index < -0.39 is 17.0 Å². The quantitative estimate of drug-likeness (QED) is 0.378. The lowest BCUT2D eigenvalue weighted by Gasteiger charge is -2.12. The molecule has 9 heteroatoms. The van der Waals surface area contributed by atoms with E-state index >= 15 is 0 Å². The molecule has 0 saturated heterocycles. The highest BCUT2D eigenvalue weighted by atomic mass is 32.2. The Morgan fingerprint density at radius 2 is 2.07 bits per heavy atom. The van der Waals surface area contributed by atoms with Crippen LogP contribution in [0.2, 0.25) is 0 Å². The molecule has 1 aliphatic rings. The number of nitrogen functional groups attached to an aromatic ring is 1. The zero-order valence-electron chi connectivity index (χ0n) is 16.3. The minimum atomic E-state index is -3.69. The minimum absolute atomic E-state index is 0.0777. The highest BCUT2D eigenvalue weighted by Crippen LogP contribution is 2.25. The highest BCUT2D eigenvalue weighted by molar-refractivity contribution is 7.90. The number of nitrogens with two attached hydrogens (primary N) is 1. The van der Waals surface area contributed by atoms with Crippen LogP contribution in [0.4, 0.5) is 5.69 Å². The number of ether oxygens (including phenoxy) is 1. The van der Waals surface area contributed by atoms with Gasteiger partial charge in [0.15, 0.2) is 9.84 Å². The fourth-order valence-corrected chi connectivity index (χ4v) is 4.88. The van der Waals surface area contributed by atoms with E-state index in [0.717, 1.165) is 12.0 Å². The summed E-state index contributed by atoms with van der Waals surface area (Å²) in [5.41, 5.74) is 8.74. The molecule has 0 atom stereocenters. The summed E-state index contributed by atoms with van der Waals surface area (Å²) in [5, 5.41) is 9.85. The number of aryl methyl sites for hydroxylation is 1. The first kappa shape index (κ1) is 21.4. The summed E-state index contributed by atoms with van der Waals surface area (Å²) in [7, 11) is -4.72. The van der Waals surface area contributed by atoms with Crippen molar-refractivity contribution < 1.29 is 27.6 Å². The maximum Gasteiger partial charge on any atom is 0.491 e. The molecule has 0 aliphatic carbocycles. The van der Waals surface area contributed by atoms with Crippen molar-refractivity contribution in [3.8, 4) is 0 Å². The lowest BCUT2D eigenvalue weighted by molar-refractivity contribution is -0.143. The number of fused-ring (bicyclic) bond motifs is 1. The number of rotatable bonds is 8. The van der Waals surface area contributed by atoms with Gasteiger partial charge in [0.1, 0.15) is 0 Å². The monoisotopic (exact) mass is 417 g/mol. The third-order valence-electron chi connectivity index (χ3n) is 4.71. The Balaban J connectivity index is 1.81. The van der Waals surface area contributed by atoms with E-state index in [0.29, 0.717) is 35.5 Å². The van der Waals surface area contributed by atoms with Crippen molar-refractivity contribution in [2.75, 3.05) is 12.3 Å². The van der Waals surface area contributed by atoms with Crippen molar-refractivity contribution >= 4 is 34.1 Å². The van der Waals surface area contributed by atoms with Crippen molar-refractivity contribution in [2.45, 2.75) is 43.4 Å². The van der Waals surface area contributed by atoms with Gasteiger partial charge in [0.2, 0.25) is 0 Å². The molecule has 3 rings (SSSR count). The Kier molecular flexibility index (Phi) is 6.61.